The highest BCUT2D eigenvalue weighted by molar-refractivity contribution is 6.31. The van der Waals surface area contributed by atoms with Crippen LogP contribution in [-0.2, 0) is 21.5 Å². The molecule has 1 atom stereocenters. The van der Waals surface area contributed by atoms with Gasteiger partial charge in [-0.3, -0.25) is 14.5 Å². The molecule has 3 aliphatic rings. The number of hydrogen-bond donors (Lipinski definition) is 2. The van der Waals surface area contributed by atoms with Crippen LogP contribution in [0.1, 0.15) is 17.5 Å². The van der Waals surface area contributed by atoms with Crippen molar-refractivity contribution in [3.63, 3.8) is 0 Å². The number of benzene rings is 2. The van der Waals surface area contributed by atoms with Gasteiger partial charge in [-0.15, -0.1) is 0 Å². The van der Waals surface area contributed by atoms with E-state index in [1.165, 1.54) is 0 Å². The summed E-state index contributed by atoms with van der Waals surface area (Å²) in [6.07, 6.45) is 1.20. The maximum atomic E-state index is 13.3. The van der Waals surface area contributed by atoms with Gasteiger partial charge in [0, 0.05) is 31.2 Å². The molecule has 1 spiro atoms. The Hall–Kier alpha value is -3.10. The fourth-order valence-corrected chi connectivity index (χ4v) is 5.17. The van der Waals surface area contributed by atoms with E-state index in [0.29, 0.717) is 23.6 Å². The number of piperazine rings is 1. The number of rotatable bonds is 4. The largest absolute Gasteiger partial charge is 0.367 e. The van der Waals surface area contributed by atoms with Crippen molar-refractivity contribution in [2.45, 2.75) is 18.4 Å². The predicted octanol–water partition coefficient (Wildman–Crippen LogP) is 2.42. The van der Waals surface area contributed by atoms with Crippen molar-refractivity contribution in [2.75, 3.05) is 50.0 Å². The molecule has 0 aromatic heterocycles. The van der Waals surface area contributed by atoms with E-state index in [0.717, 1.165) is 47.9 Å². The molecule has 0 saturated carbocycles. The van der Waals surface area contributed by atoms with E-state index in [2.05, 4.69) is 27.5 Å². The van der Waals surface area contributed by atoms with Gasteiger partial charge in [0.1, 0.15) is 12.1 Å². The van der Waals surface area contributed by atoms with Gasteiger partial charge in [0.2, 0.25) is 5.91 Å². The summed E-state index contributed by atoms with van der Waals surface area (Å²) in [6.45, 7) is 3.14. The zero-order valence-electron chi connectivity index (χ0n) is 18.4. The summed E-state index contributed by atoms with van der Waals surface area (Å²) in [7, 11) is 2.08. The average Bonchev–Trinajstić information content (AvgIpc) is 3.28. The number of hydrogen-bond acceptors (Lipinski definition) is 5. The number of likely N-dealkylation sites (N-methyl/N-ethyl adjacent to an activating group) is 1. The number of nitrogens with one attached hydrogen (secondary N) is 2. The van der Waals surface area contributed by atoms with Crippen molar-refractivity contribution in [1.29, 1.82) is 0 Å². The highest BCUT2D eigenvalue weighted by Crippen LogP contribution is 2.41. The van der Waals surface area contributed by atoms with Gasteiger partial charge in [0.05, 0.1) is 11.4 Å². The van der Waals surface area contributed by atoms with Crippen LogP contribution < -0.4 is 15.5 Å². The van der Waals surface area contributed by atoms with Gasteiger partial charge in [0.15, 0.2) is 0 Å². The maximum Gasteiger partial charge on any atom is 0.325 e. The van der Waals surface area contributed by atoms with Crippen LogP contribution in [0.2, 0.25) is 5.02 Å². The number of imide groups is 1. The molecule has 8 nitrogen and oxygen atoms in total. The van der Waals surface area contributed by atoms with Crippen molar-refractivity contribution in [3.8, 4) is 0 Å². The molecule has 2 aliphatic heterocycles. The summed E-state index contributed by atoms with van der Waals surface area (Å²) in [5, 5.41) is 6.23. The molecule has 0 bridgehead atoms. The first-order chi connectivity index (χ1) is 15.9. The zero-order chi connectivity index (χ0) is 23.2. The summed E-state index contributed by atoms with van der Waals surface area (Å²) in [5.74, 6) is -0.822. The Labute approximate surface area is 197 Å². The van der Waals surface area contributed by atoms with Crippen LogP contribution in [0.4, 0.5) is 16.2 Å². The minimum absolute atomic E-state index is 0.358. The summed E-state index contributed by atoms with van der Waals surface area (Å²) in [4.78, 5) is 44.5. The molecule has 2 N–H and O–H groups in total. The molecule has 2 saturated heterocycles. The quantitative estimate of drug-likeness (QED) is 0.675. The van der Waals surface area contributed by atoms with Gasteiger partial charge >= 0.3 is 6.03 Å². The summed E-state index contributed by atoms with van der Waals surface area (Å²) in [5.41, 5.74) is 2.24. The van der Waals surface area contributed by atoms with Crippen molar-refractivity contribution >= 4 is 40.8 Å². The molecule has 2 aromatic carbocycles. The number of carbonyl (C=O) groups excluding carboxylic acids is 3. The van der Waals surface area contributed by atoms with Crippen LogP contribution in [0.5, 0.6) is 0 Å². The monoisotopic (exact) mass is 467 g/mol. The predicted molar refractivity (Wildman–Crippen MR) is 126 cm³/mol. The van der Waals surface area contributed by atoms with E-state index in [-0.39, 0.29) is 12.5 Å². The first-order valence-electron chi connectivity index (χ1n) is 11.1. The van der Waals surface area contributed by atoms with E-state index in [1.807, 2.05) is 30.3 Å². The van der Waals surface area contributed by atoms with Crippen LogP contribution in [0, 0.1) is 0 Å². The van der Waals surface area contributed by atoms with E-state index in [9.17, 15) is 14.4 Å². The fourth-order valence-electron chi connectivity index (χ4n) is 5.00. The lowest BCUT2D eigenvalue weighted by molar-refractivity contribution is -0.134. The molecule has 172 valence electrons. The van der Waals surface area contributed by atoms with Gasteiger partial charge in [-0.2, -0.15) is 0 Å². The van der Waals surface area contributed by atoms with Crippen LogP contribution in [0.15, 0.2) is 42.5 Å². The molecule has 1 unspecified atom stereocenters. The minimum atomic E-state index is -1.07. The molecule has 5 rings (SSSR count). The van der Waals surface area contributed by atoms with Gasteiger partial charge in [0.25, 0.3) is 5.91 Å². The number of carbonyl (C=O) groups is 3. The highest BCUT2D eigenvalue weighted by Gasteiger charge is 2.55. The Bertz CT molecular complexity index is 1130. The van der Waals surface area contributed by atoms with Crippen LogP contribution >= 0.6 is 11.6 Å². The molecule has 2 fully saturated rings. The molecule has 1 aliphatic carbocycles. The van der Waals surface area contributed by atoms with E-state index in [1.54, 1.807) is 12.1 Å². The summed E-state index contributed by atoms with van der Waals surface area (Å²) >= 11 is 6.20. The van der Waals surface area contributed by atoms with Crippen molar-refractivity contribution < 1.29 is 14.4 Å². The number of anilines is 2. The van der Waals surface area contributed by atoms with Crippen LogP contribution in [0.3, 0.4) is 0 Å². The molecule has 33 heavy (non-hydrogen) atoms. The Morgan fingerprint density at radius 2 is 1.88 bits per heavy atom. The lowest BCUT2D eigenvalue weighted by Crippen LogP contribution is -2.45. The molecular formula is C24H26ClN5O3. The Morgan fingerprint density at radius 3 is 2.67 bits per heavy atom. The van der Waals surface area contributed by atoms with Crippen LogP contribution in [-0.4, -0.2) is 67.4 Å². The third-order valence-electron chi connectivity index (χ3n) is 6.80. The van der Waals surface area contributed by atoms with E-state index >= 15 is 0 Å². The Morgan fingerprint density at radius 1 is 1.12 bits per heavy atom. The summed E-state index contributed by atoms with van der Waals surface area (Å²) in [6, 6.07) is 12.5. The molecule has 2 heterocycles. The SMILES string of the molecule is CN1CCN(c2ccc(Cl)cc2NC(=O)CN2C(=O)NC3(CCc4ccccc43)C2=O)CC1. The standard InChI is InChI=1S/C24H26ClN5O3/c1-28-10-12-29(13-11-28)20-7-6-17(25)14-19(20)26-21(31)15-30-22(32)24(27-23(30)33)9-8-16-4-2-3-5-18(16)24/h2-7,14H,8-13,15H2,1H3,(H,26,31)(H,27,33). The second-order valence-electron chi connectivity index (χ2n) is 8.88. The normalized spacial score (nSPS) is 22.6. The molecule has 9 heteroatoms. The smallest absolute Gasteiger partial charge is 0.325 e. The van der Waals surface area contributed by atoms with E-state index < -0.39 is 17.5 Å². The minimum Gasteiger partial charge on any atom is -0.367 e. The Balaban J connectivity index is 1.33. The van der Waals surface area contributed by atoms with Gasteiger partial charge in [-0.25, -0.2) is 4.79 Å². The summed E-state index contributed by atoms with van der Waals surface area (Å²) < 4.78 is 0. The van der Waals surface area contributed by atoms with Gasteiger partial charge < -0.3 is 20.4 Å². The first kappa shape index (κ1) is 21.7. The third kappa shape index (κ3) is 3.83. The first-order valence-corrected chi connectivity index (χ1v) is 11.5. The number of aryl methyl sites for hydroxylation is 1. The van der Waals surface area contributed by atoms with Crippen LogP contribution in [0.25, 0.3) is 0 Å². The van der Waals surface area contributed by atoms with Crippen molar-refractivity contribution in [2.24, 2.45) is 0 Å². The average molecular weight is 468 g/mol. The van der Waals surface area contributed by atoms with Crippen molar-refractivity contribution in [3.05, 3.63) is 58.6 Å². The third-order valence-corrected chi connectivity index (χ3v) is 7.04. The second-order valence-corrected chi connectivity index (χ2v) is 9.32. The molecular weight excluding hydrogens is 442 g/mol. The number of urea groups is 1. The number of halogens is 1. The fraction of sp³-hybridized carbons (Fsp3) is 0.375. The number of amides is 4. The lowest BCUT2D eigenvalue weighted by atomic mass is 9.92. The second kappa shape index (κ2) is 8.35. The zero-order valence-corrected chi connectivity index (χ0v) is 19.2. The highest BCUT2D eigenvalue weighted by atomic mass is 35.5. The molecule has 2 aromatic rings. The number of nitrogens with zero attached hydrogens (tertiary/aromatic N) is 3. The van der Waals surface area contributed by atoms with Crippen molar-refractivity contribution in [1.82, 2.24) is 15.1 Å². The number of fused-ring (bicyclic) bond motifs is 2. The maximum absolute atomic E-state index is 13.3. The Kier molecular flexibility index (Phi) is 5.50. The van der Waals surface area contributed by atoms with Gasteiger partial charge in [-0.05, 0) is 49.2 Å². The molecule has 0 radical (unpaired) electrons. The lowest BCUT2D eigenvalue weighted by Gasteiger charge is -2.35. The van der Waals surface area contributed by atoms with E-state index in [4.69, 9.17) is 11.6 Å². The van der Waals surface area contributed by atoms with Gasteiger partial charge in [-0.1, -0.05) is 35.9 Å². The molecule has 4 amide bonds. The topological polar surface area (TPSA) is 85.0 Å².